The number of rotatable bonds is 20. The maximum Gasteiger partial charge on any atom is 0.196 e. The van der Waals surface area contributed by atoms with E-state index >= 15 is 4.79 Å². The first-order chi connectivity index (χ1) is 31.4. The number of carbonyl (C=O) groups excluding carboxylic acids is 2. The van der Waals surface area contributed by atoms with E-state index < -0.39 is 0 Å². The van der Waals surface area contributed by atoms with Crippen LogP contribution in [0.2, 0.25) is 0 Å². The predicted molar refractivity (Wildman–Crippen MR) is 272 cm³/mol. The lowest BCUT2D eigenvalue weighted by molar-refractivity contribution is 0.0972. The molecule has 0 amide bonds. The van der Waals surface area contributed by atoms with E-state index in [1.165, 1.54) is 118 Å². The van der Waals surface area contributed by atoms with Crippen molar-refractivity contribution >= 4 is 46.9 Å². The molecule has 0 spiro atoms. The highest BCUT2D eigenvalue weighted by molar-refractivity contribution is 8.00. The second-order valence-electron chi connectivity index (χ2n) is 18.0. The Morgan fingerprint density at radius 3 is 1.41 bits per heavy atom. The van der Waals surface area contributed by atoms with Gasteiger partial charge in [0.15, 0.2) is 11.6 Å². The van der Waals surface area contributed by atoms with Gasteiger partial charge in [-0.1, -0.05) is 180 Å². The zero-order valence-electron chi connectivity index (χ0n) is 38.1. The van der Waals surface area contributed by atoms with E-state index in [0.717, 1.165) is 48.1 Å². The van der Waals surface area contributed by atoms with Gasteiger partial charge in [0.05, 0.1) is 0 Å². The van der Waals surface area contributed by atoms with Crippen LogP contribution in [-0.2, 0) is 12.8 Å². The average Bonchev–Trinajstić information content (AvgIpc) is 3.33. The van der Waals surface area contributed by atoms with E-state index in [0.29, 0.717) is 28.2 Å². The highest BCUT2D eigenvalue weighted by atomic mass is 32.2. The number of hydrogen-bond donors (Lipinski definition) is 0. The van der Waals surface area contributed by atoms with E-state index in [2.05, 4.69) is 124 Å². The molecule has 330 valence electrons. The van der Waals surface area contributed by atoms with Crippen molar-refractivity contribution in [3.8, 4) is 11.1 Å². The number of fused-ring (bicyclic) bond motifs is 2. The van der Waals surface area contributed by atoms with E-state index in [4.69, 9.17) is 0 Å². The Labute approximate surface area is 396 Å². The SMILES string of the molecule is CCCCCc1ccc(Sc2cccc3c2C(=O)c2c(Sc4ccc(CCCCC)cc4)ccc(Sc4ccc(-c5ccc(C6CCC(CCCCC)CC6)cc5)cc4)c2C3=O)cc1. The minimum Gasteiger partial charge on any atom is -0.289 e. The number of ketones is 2. The molecule has 64 heavy (non-hydrogen) atoms. The summed E-state index contributed by atoms with van der Waals surface area (Å²) in [6.45, 7) is 6.76. The number of aryl methyl sites for hydroxylation is 2. The molecule has 5 heteroatoms. The molecule has 0 unspecified atom stereocenters. The van der Waals surface area contributed by atoms with Crippen molar-refractivity contribution < 1.29 is 9.59 Å². The third kappa shape index (κ3) is 11.4. The van der Waals surface area contributed by atoms with Gasteiger partial charge in [0.1, 0.15) is 0 Å². The lowest BCUT2D eigenvalue weighted by Gasteiger charge is -2.29. The lowest BCUT2D eigenvalue weighted by atomic mass is 9.77. The molecule has 0 heterocycles. The van der Waals surface area contributed by atoms with Crippen LogP contribution in [0.15, 0.2) is 157 Å². The fraction of sp³-hybridized carbons (Fsp3) is 0.356. The first-order valence-corrected chi connectivity index (χ1v) is 26.7. The molecule has 2 nitrogen and oxygen atoms in total. The van der Waals surface area contributed by atoms with E-state index in [-0.39, 0.29) is 11.6 Å². The van der Waals surface area contributed by atoms with Gasteiger partial charge < -0.3 is 0 Å². The summed E-state index contributed by atoms with van der Waals surface area (Å²) < 4.78 is 0. The minimum absolute atomic E-state index is 0.0798. The molecule has 0 radical (unpaired) electrons. The fourth-order valence-corrected chi connectivity index (χ4v) is 12.5. The van der Waals surface area contributed by atoms with Crippen LogP contribution in [0.25, 0.3) is 11.1 Å². The van der Waals surface area contributed by atoms with Gasteiger partial charge in [0.25, 0.3) is 0 Å². The Balaban J connectivity index is 1.04. The average molecular weight is 901 g/mol. The second-order valence-corrected chi connectivity index (χ2v) is 21.4. The van der Waals surface area contributed by atoms with Crippen molar-refractivity contribution in [1.29, 1.82) is 0 Å². The molecule has 6 aromatic rings. The summed E-state index contributed by atoms with van der Waals surface area (Å²) in [5.41, 5.74) is 8.56. The largest absolute Gasteiger partial charge is 0.289 e. The number of carbonyl (C=O) groups is 2. The number of unbranched alkanes of at least 4 members (excludes halogenated alkanes) is 6. The molecule has 0 N–H and O–H groups in total. The van der Waals surface area contributed by atoms with Gasteiger partial charge in [0, 0.05) is 51.6 Å². The Hall–Kier alpha value is -4.29. The standard InChI is InChI=1S/C59H64O2S3/c1-4-7-10-14-41-19-25-44(26-20-41)45-27-29-46(30-28-45)47-31-37-50(38-32-47)64-53-39-40-54(63-49-35-23-43(24-36-49)16-12-9-6-3)57-56(53)58(60)51-17-13-18-52(55(51)59(57)61)62-48-33-21-42(22-34-48)15-11-8-5-2/h13,17-18,21-24,27-41,44H,4-12,14-16,19-20,25-26H2,1-3H3. The van der Waals surface area contributed by atoms with Gasteiger partial charge in [0.2, 0.25) is 0 Å². The molecule has 0 atom stereocenters. The highest BCUT2D eigenvalue weighted by Gasteiger charge is 2.36. The molecule has 0 saturated heterocycles. The second kappa shape index (κ2) is 22.7. The third-order valence-electron chi connectivity index (χ3n) is 13.4. The van der Waals surface area contributed by atoms with Crippen LogP contribution in [0, 0.1) is 5.92 Å². The van der Waals surface area contributed by atoms with Gasteiger partial charge in [-0.3, -0.25) is 9.59 Å². The molecule has 1 fully saturated rings. The first kappa shape index (κ1) is 46.2. The monoisotopic (exact) mass is 900 g/mol. The van der Waals surface area contributed by atoms with Gasteiger partial charge in [-0.15, -0.1) is 0 Å². The van der Waals surface area contributed by atoms with Crippen LogP contribution in [0.3, 0.4) is 0 Å². The zero-order valence-corrected chi connectivity index (χ0v) is 40.6. The van der Waals surface area contributed by atoms with Crippen LogP contribution in [-0.4, -0.2) is 11.6 Å². The van der Waals surface area contributed by atoms with Crippen molar-refractivity contribution in [1.82, 2.24) is 0 Å². The molecule has 1 saturated carbocycles. The van der Waals surface area contributed by atoms with Crippen molar-refractivity contribution in [2.24, 2.45) is 5.92 Å². The summed E-state index contributed by atoms with van der Waals surface area (Å²) in [6.07, 6.45) is 20.2. The van der Waals surface area contributed by atoms with Crippen LogP contribution in [0.4, 0.5) is 0 Å². The van der Waals surface area contributed by atoms with Gasteiger partial charge in [-0.25, -0.2) is 0 Å². The third-order valence-corrected chi connectivity index (χ3v) is 16.6. The summed E-state index contributed by atoms with van der Waals surface area (Å²) in [5, 5.41) is 0. The van der Waals surface area contributed by atoms with Crippen molar-refractivity contribution in [2.75, 3.05) is 0 Å². The Kier molecular flexibility index (Phi) is 16.4. The highest BCUT2D eigenvalue weighted by Crippen LogP contribution is 2.46. The minimum atomic E-state index is -0.0868. The summed E-state index contributed by atoms with van der Waals surface area (Å²) in [7, 11) is 0. The molecule has 0 aliphatic heterocycles. The summed E-state index contributed by atoms with van der Waals surface area (Å²) in [4.78, 5) is 35.6. The van der Waals surface area contributed by atoms with Crippen LogP contribution < -0.4 is 0 Å². The topological polar surface area (TPSA) is 34.1 Å². The number of hydrogen-bond acceptors (Lipinski definition) is 5. The predicted octanol–water partition coefficient (Wildman–Crippen LogP) is 17.9. The van der Waals surface area contributed by atoms with Crippen LogP contribution in [0.5, 0.6) is 0 Å². The molecule has 2 aliphatic rings. The quantitative estimate of drug-likeness (QED) is 0.0712. The van der Waals surface area contributed by atoms with E-state index in [9.17, 15) is 4.79 Å². The van der Waals surface area contributed by atoms with E-state index in [1.54, 1.807) is 35.3 Å². The van der Waals surface area contributed by atoms with Gasteiger partial charge >= 0.3 is 0 Å². The molecule has 8 rings (SSSR count). The maximum atomic E-state index is 15.1. The normalized spacial score (nSPS) is 15.9. The fourth-order valence-electron chi connectivity index (χ4n) is 9.60. The molecular weight excluding hydrogens is 837 g/mol. The van der Waals surface area contributed by atoms with Crippen LogP contribution >= 0.6 is 35.3 Å². The Bertz CT molecular complexity index is 2480. The first-order valence-electron chi connectivity index (χ1n) is 24.2. The summed E-state index contributed by atoms with van der Waals surface area (Å²) in [5.74, 6) is 1.43. The summed E-state index contributed by atoms with van der Waals surface area (Å²) in [6, 6.07) is 45.2. The van der Waals surface area contributed by atoms with Crippen molar-refractivity contribution in [2.45, 2.75) is 159 Å². The van der Waals surface area contributed by atoms with Crippen molar-refractivity contribution in [3.63, 3.8) is 0 Å². The zero-order chi connectivity index (χ0) is 44.3. The summed E-state index contributed by atoms with van der Waals surface area (Å²) >= 11 is 4.72. The maximum absolute atomic E-state index is 15.1. The van der Waals surface area contributed by atoms with E-state index in [1.807, 2.05) is 24.3 Å². The molecule has 6 aromatic carbocycles. The van der Waals surface area contributed by atoms with Gasteiger partial charge in [-0.05, 0) is 146 Å². The molecule has 0 aromatic heterocycles. The lowest BCUT2D eigenvalue weighted by Crippen LogP contribution is -2.23. The van der Waals surface area contributed by atoms with Crippen LogP contribution in [0.1, 0.15) is 165 Å². The Morgan fingerprint density at radius 1 is 0.438 bits per heavy atom. The van der Waals surface area contributed by atoms with Crippen molar-refractivity contribution in [3.05, 3.63) is 166 Å². The molecule has 0 bridgehead atoms. The molecular formula is C59H64O2S3. The Morgan fingerprint density at radius 2 is 0.891 bits per heavy atom. The number of benzene rings is 6. The smallest absolute Gasteiger partial charge is 0.196 e. The van der Waals surface area contributed by atoms with Gasteiger partial charge in [-0.2, -0.15) is 0 Å². The molecule has 2 aliphatic carbocycles.